The molecule has 0 saturated heterocycles. The van der Waals surface area contributed by atoms with Gasteiger partial charge in [-0.15, -0.1) is 0 Å². The average Bonchev–Trinajstić information content (AvgIpc) is 2.54. The fraction of sp³-hybridized carbons (Fsp3) is 0.235. The van der Waals surface area contributed by atoms with Crippen molar-refractivity contribution < 1.29 is 17.6 Å². The second-order valence-electron chi connectivity index (χ2n) is 5.49. The second kappa shape index (κ2) is 8.42. The van der Waals surface area contributed by atoms with Gasteiger partial charge < -0.3 is 5.32 Å². The molecule has 0 aliphatic rings. The zero-order valence-corrected chi connectivity index (χ0v) is 15.1. The Morgan fingerprint density at radius 3 is 2.32 bits per heavy atom. The zero-order valence-electron chi connectivity index (χ0n) is 13.6. The molecule has 0 saturated carbocycles. The summed E-state index contributed by atoms with van der Waals surface area (Å²) in [6.45, 7) is -0.446. The minimum atomic E-state index is -3.69. The van der Waals surface area contributed by atoms with Crippen LogP contribution in [0.4, 0.5) is 4.39 Å². The summed E-state index contributed by atoms with van der Waals surface area (Å²) < 4.78 is 38.5. The minimum Gasteiger partial charge on any atom is -0.351 e. The SMILES string of the molecule is CS(=O)(=O)N(CC(=O)NCc1ccccc1Cl)Cc1ccccc1F. The summed E-state index contributed by atoms with van der Waals surface area (Å²) >= 11 is 6.01. The van der Waals surface area contributed by atoms with Crippen molar-refractivity contribution in [1.82, 2.24) is 9.62 Å². The third-order valence-corrected chi connectivity index (χ3v) is 5.09. The Kier molecular flexibility index (Phi) is 6.52. The summed E-state index contributed by atoms with van der Waals surface area (Å²) in [5.41, 5.74) is 0.921. The largest absolute Gasteiger partial charge is 0.351 e. The van der Waals surface area contributed by atoms with Crippen molar-refractivity contribution in [3.63, 3.8) is 0 Å². The highest BCUT2D eigenvalue weighted by Crippen LogP contribution is 2.15. The van der Waals surface area contributed by atoms with Crippen LogP contribution in [0, 0.1) is 5.82 Å². The van der Waals surface area contributed by atoms with E-state index in [2.05, 4.69) is 5.32 Å². The number of hydrogen-bond donors (Lipinski definition) is 1. The van der Waals surface area contributed by atoms with Gasteiger partial charge in [0, 0.05) is 23.7 Å². The van der Waals surface area contributed by atoms with E-state index >= 15 is 0 Å². The standard InChI is InChI=1S/C17H18ClFN2O3S/c1-25(23,24)21(11-14-7-3-5-9-16(14)19)12-17(22)20-10-13-6-2-4-8-15(13)18/h2-9H,10-12H2,1H3,(H,20,22). The van der Waals surface area contributed by atoms with Crippen LogP contribution >= 0.6 is 11.6 Å². The molecule has 5 nitrogen and oxygen atoms in total. The molecular weight excluding hydrogens is 367 g/mol. The summed E-state index contributed by atoms with van der Waals surface area (Å²) in [5, 5.41) is 3.13. The number of nitrogens with one attached hydrogen (secondary N) is 1. The topological polar surface area (TPSA) is 66.5 Å². The van der Waals surface area contributed by atoms with E-state index in [1.165, 1.54) is 18.2 Å². The van der Waals surface area contributed by atoms with Gasteiger partial charge in [-0.2, -0.15) is 4.31 Å². The first-order valence-corrected chi connectivity index (χ1v) is 9.68. The predicted octanol–water partition coefficient (Wildman–Crippen LogP) is 2.56. The number of amides is 1. The fourth-order valence-corrected chi connectivity index (χ4v) is 3.09. The van der Waals surface area contributed by atoms with Gasteiger partial charge in [-0.05, 0) is 17.7 Å². The van der Waals surface area contributed by atoms with Gasteiger partial charge >= 0.3 is 0 Å². The molecule has 1 amide bonds. The van der Waals surface area contributed by atoms with Gasteiger partial charge in [0.05, 0.1) is 12.8 Å². The van der Waals surface area contributed by atoms with Gasteiger partial charge in [0.2, 0.25) is 15.9 Å². The van der Waals surface area contributed by atoms with E-state index in [0.29, 0.717) is 5.02 Å². The normalized spacial score (nSPS) is 11.5. The lowest BCUT2D eigenvalue weighted by molar-refractivity contribution is -0.121. The van der Waals surface area contributed by atoms with E-state index in [0.717, 1.165) is 16.1 Å². The van der Waals surface area contributed by atoms with Gasteiger partial charge in [0.1, 0.15) is 5.82 Å². The van der Waals surface area contributed by atoms with Crippen molar-refractivity contribution in [1.29, 1.82) is 0 Å². The van der Waals surface area contributed by atoms with E-state index in [9.17, 15) is 17.6 Å². The number of carbonyl (C=O) groups is 1. The molecule has 0 fully saturated rings. The van der Waals surface area contributed by atoms with E-state index in [-0.39, 0.29) is 18.7 Å². The van der Waals surface area contributed by atoms with Crippen molar-refractivity contribution in [3.05, 3.63) is 70.5 Å². The van der Waals surface area contributed by atoms with Gasteiger partial charge in [-0.1, -0.05) is 48.0 Å². The molecule has 8 heteroatoms. The van der Waals surface area contributed by atoms with E-state index < -0.39 is 28.3 Å². The van der Waals surface area contributed by atoms with Crippen molar-refractivity contribution in [2.24, 2.45) is 0 Å². The van der Waals surface area contributed by atoms with E-state index in [4.69, 9.17) is 11.6 Å². The molecule has 25 heavy (non-hydrogen) atoms. The van der Waals surface area contributed by atoms with Crippen molar-refractivity contribution in [3.8, 4) is 0 Å². The molecule has 2 rings (SSSR count). The van der Waals surface area contributed by atoms with Gasteiger partial charge in [-0.3, -0.25) is 4.79 Å². The van der Waals surface area contributed by atoms with Crippen LogP contribution in [0.25, 0.3) is 0 Å². The van der Waals surface area contributed by atoms with Crippen molar-refractivity contribution in [2.45, 2.75) is 13.1 Å². The number of halogens is 2. The van der Waals surface area contributed by atoms with Crippen molar-refractivity contribution >= 4 is 27.5 Å². The van der Waals surface area contributed by atoms with Gasteiger partial charge in [0.15, 0.2) is 0 Å². The number of sulfonamides is 1. The molecule has 0 aliphatic heterocycles. The van der Waals surface area contributed by atoms with Crippen LogP contribution in [0.1, 0.15) is 11.1 Å². The highest BCUT2D eigenvalue weighted by molar-refractivity contribution is 7.88. The molecular formula is C17H18ClFN2O3S. The first-order chi connectivity index (χ1) is 11.8. The van der Waals surface area contributed by atoms with Crippen LogP contribution in [0.3, 0.4) is 0 Å². The summed E-state index contributed by atoms with van der Waals surface area (Å²) in [4.78, 5) is 12.1. The number of hydrogen-bond acceptors (Lipinski definition) is 3. The van der Waals surface area contributed by atoms with E-state index in [1.807, 2.05) is 0 Å². The Balaban J connectivity index is 2.03. The first-order valence-electron chi connectivity index (χ1n) is 7.46. The maximum absolute atomic E-state index is 13.8. The number of nitrogens with zero attached hydrogens (tertiary/aromatic N) is 1. The van der Waals surface area contributed by atoms with Crippen LogP contribution in [0.2, 0.25) is 5.02 Å². The van der Waals surface area contributed by atoms with Gasteiger partial charge in [-0.25, -0.2) is 12.8 Å². The number of rotatable bonds is 7. The number of benzene rings is 2. The summed E-state index contributed by atoms with van der Waals surface area (Å²) in [5.74, 6) is -1.02. The van der Waals surface area contributed by atoms with Crippen LogP contribution < -0.4 is 5.32 Å². The fourth-order valence-electron chi connectivity index (χ4n) is 2.16. The molecule has 2 aromatic rings. The second-order valence-corrected chi connectivity index (χ2v) is 7.88. The maximum Gasteiger partial charge on any atom is 0.235 e. The molecule has 0 radical (unpaired) electrons. The highest BCUT2D eigenvalue weighted by Gasteiger charge is 2.21. The lowest BCUT2D eigenvalue weighted by atomic mass is 10.2. The third kappa shape index (κ3) is 5.81. The zero-order chi connectivity index (χ0) is 18.4. The molecule has 2 aromatic carbocycles. The molecule has 0 bridgehead atoms. The predicted molar refractivity (Wildman–Crippen MR) is 95.0 cm³/mol. The van der Waals surface area contributed by atoms with Crippen LogP contribution in [0.15, 0.2) is 48.5 Å². The minimum absolute atomic E-state index is 0.176. The quantitative estimate of drug-likeness (QED) is 0.797. The Bertz CT molecular complexity index is 858. The smallest absolute Gasteiger partial charge is 0.235 e. The maximum atomic E-state index is 13.8. The van der Waals surface area contributed by atoms with Crippen LogP contribution in [-0.4, -0.2) is 31.4 Å². The molecule has 134 valence electrons. The van der Waals surface area contributed by atoms with Crippen LogP contribution in [0.5, 0.6) is 0 Å². The summed E-state index contributed by atoms with van der Waals surface area (Å²) in [6.07, 6.45) is 0.981. The number of carbonyl (C=O) groups excluding carboxylic acids is 1. The monoisotopic (exact) mass is 384 g/mol. The summed E-state index contributed by atoms with van der Waals surface area (Å²) in [6, 6.07) is 12.9. The molecule has 1 N–H and O–H groups in total. The Morgan fingerprint density at radius 2 is 1.72 bits per heavy atom. The molecule has 0 atom stereocenters. The third-order valence-electron chi connectivity index (χ3n) is 3.53. The molecule has 0 heterocycles. The highest BCUT2D eigenvalue weighted by atomic mass is 35.5. The Labute approximate surface area is 151 Å². The Hall–Kier alpha value is -1.96. The Morgan fingerprint density at radius 1 is 1.12 bits per heavy atom. The lowest BCUT2D eigenvalue weighted by Gasteiger charge is -2.20. The molecule has 0 aromatic heterocycles. The van der Waals surface area contributed by atoms with E-state index in [1.54, 1.807) is 30.3 Å². The molecule has 0 spiro atoms. The lowest BCUT2D eigenvalue weighted by Crippen LogP contribution is -2.39. The van der Waals surface area contributed by atoms with Crippen LogP contribution in [-0.2, 0) is 27.9 Å². The van der Waals surface area contributed by atoms with Gasteiger partial charge in [0.25, 0.3) is 0 Å². The summed E-state index contributed by atoms with van der Waals surface area (Å²) in [7, 11) is -3.69. The average molecular weight is 385 g/mol. The van der Waals surface area contributed by atoms with Crippen molar-refractivity contribution in [2.75, 3.05) is 12.8 Å². The molecule has 0 unspecified atom stereocenters. The first kappa shape index (κ1) is 19.4. The molecule has 0 aliphatic carbocycles.